The van der Waals surface area contributed by atoms with Gasteiger partial charge in [-0.25, -0.2) is 0 Å². The number of carbonyl (C=O) groups is 1. The van der Waals surface area contributed by atoms with Crippen molar-refractivity contribution >= 4 is 11.6 Å². The van der Waals surface area contributed by atoms with Crippen molar-refractivity contribution in [2.75, 3.05) is 11.9 Å². The van der Waals surface area contributed by atoms with Gasteiger partial charge in [0.15, 0.2) is 6.04 Å². The lowest BCUT2D eigenvalue weighted by Gasteiger charge is -2.30. The molecule has 0 spiro atoms. The molecule has 4 heteroatoms. The number of amides is 1. The van der Waals surface area contributed by atoms with Crippen molar-refractivity contribution in [3.05, 3.63) is 65.2 Å². The van der Waals surface area contributed by atoms with Gasteiger partial charge in [0.05, 0.1) is 18.2 Å². The summed E-state index contributed by atoms with van der Waals surface area (Å²) in [7, 11) is 0. The minimum absolute atomic E-state index is 0.00512. The maximum Gasteiger partial charge on any atom is 0.282 e. The number of quaternary nitrogens is 1. The standard InChI is InChI=1S/C19H19N3O/c1-14(19(23)21-18-8-4-5-15(11-18)12-20)22-10-9-16-6-2-3-7-17(16)13-22/h2-8,11,14H,9-10,13H2,1H3,(H,21,23)/p+1/t14-/m0/s1. The second kappa shape index (κ2) is 6.64. The Labute approximate surface area is 136 Å². The molecule has 0 fully saturated rings. The van der Waals surface area contributed by atoms with E-state index in [1.54, 1.807) is 18.2 Å². The van der Waals surface area contributed by atoms with E-state index in [2.05, 4.69) is 35.7 Å². The van der Waals surface area contributed by atoms with Crippen LogP contribution in [0.5, 0.6) is 0 Å². The predicted molar refractivity (Wildman–Crippen MR) is 88.9 cm³/mol. The Hall–Kier alpha value is -2.64. The van der Waals surface area contributed by atoms with Crippen LogP contribution in [-0.2, 0) is 17.8 Å². The molecule has 0 aliphatic carbocycles. The number of fused-ring (bicyclic) bond motifs is 1. The zero-order chi connectivity index (χ0) is 16.2. The maximum atomic E-state index is 12.5. The Bertz CT molecular complexity index is 763. The molecule has 1 aliphatic heterocycles. The Morgan fingerprint density at radius 3 is 2.78 bits per heavy atom. The third kappa shape index (κ3) is 3.41. The van der Waals surface area contributed by atoms with Crippen LogP contribution < -0.4 is 10.2 Å². The van der Waals surface area contributed by atoms with Gasteiger partial charge >= 0.3 is 0 Å². The van der Waals surface area contributed by atoms with Crippen molar-refractivity contribution in [2.45, 2.75) is 25.9 Å². The van der Waals surface area contributed by atoms with Crippen molar-refractivity contribution in [1.82, 2.24) is 0 Å². The monoisotopic (exact) mass is 306 g/mol. The van der Waals surface area contributed by atoms with Gasteiger partial charge in [0.2, 0.25) is 0 Å². The van der Waals surface area contributed by atoms with Gasteiger partial charge in [0.25, 0.3) is 5.91 Å². The molecule has 0 aromatic heterocycles. The van der Waals surface area contributed by atoms with Gasteiger partial charge in [-0.2, -0.15) is 5.26 Å². The summed E-state index contributed by atoms with van der Waals surface area (Å²) in [6, 6.07) is 17.4. The first kappa shape index (κ1) is 15.3. The van der Waals surface area contributed by atoms with E-state index >= 15 is 0 Å². The Morgan fingerprint density at radius 1 is 1.22 bits per heavy atom. The van der Waals surface area contributed by atoms with E-state index in [1.807, 2.05) is 13.0 Å². The van der Waals surface area contributed by atoms with Crippen LogP contribution in [0.25, 0.3) is 0 Å². The highest BCUT2D eigenvalue weighted by Gasteiger charge is 2.28. The molecule has 2 aromatic carbocycles. The lowest BCUT2D eigenvalue weighted by Crippen LogP contribution is -3.16. The average Bonchev–Trinajstić information content (AvgIpc) is 2.60. The number of carbonyl (C=O) groups excluding carboxylic acids is 1. The third-order valence-corrected chi connectivity index (χ3v) is 4.52. The lowest BCUT2D eigenvalue weighted by atomic mass is 9.99. The first-order valence-corrected chi connectivity index (χ1v) is 7.90. The first-order valence-electron chi connectivity index (χ1n) is 7.90. The van der Waals surface area contributed by atoms with E-state index < -0.39 is 0 Å². The fourth-order valence-corrected chi connectivity index (χ4v) is 3.07. The van der Waals surface area contributed by atoms with Crippen molar-refractivity contribution in [2.24, 2.45) is 0 Å². The summed E-state index contributed by atoms with van der Waals surface area (Å²) in [6.07, 6.45) is 1.01. The molecule has 0 bridgehead atoms. The highest BCUT2D eigenvalue weighted by atomic mass is 16.2. The molecule has 4 nitrogen and oxygen atoms in total. The van der Waals surface area contributed by atoms with E-state index in [0.717, 1.165) is 19.5 Å². The number of hydrogen-bond acceptors (Lipinski definition) is 2. The summed E-state index contributed by atoms with van der Waals surface area (Å²) in [5.41, 5.74) is 3.96. The van der Waals surface area contributed by atoms with Gasteiger partial charge in [-0.15, -0.1) is 0 Å². The SMILES string of the molecule is C[C@@H](C(=O)Nc1cccc(C#N)c1)[NH+]1CCc2ccccc2C1. The summed E-state index contributed by atoms with van der Waals surface area (Å²) >= 11 is 0. The van der Waals surface area contributed by atoms with Gasteiger partial charge in [0, 0.05) is 17.7 Å². The highest BCUT2D eigenvalue weighted by molar-refractivity contribution is 5.93. The zero-order valence-corrected chi connectivity index (χ0v) is 13.2. The lowest BCUT2D eigenvalue weighted by molar-refractivity contribution is -0.929. The first-order chi connectivity index (χ1) is 11.2. The van der Waals surface area contributed by atoms with E-state index in [1.165, 1.54) is 16.0 Å². The van der Waals surface area contributed by atoms with Gasteiger partial charge < -0.3 is 10.2 Å². The maximum absolute atomic E-state index is 12.5. The molecule has 1 amide bonds. The Kier molecular flexibility index (Phi) is 4.40. The van der Waals surface area contributed by atoms with E-state index in [4.69, 9.17) is 5.26 Å². The highest BCUT2D eigenvalue weighted by Crippen LogP contribution is 2.12. The number of benzene rings is 2. The molecular weight excluding hydrogens is 286 g/mol. The minimum Gasteiger partial charge on any atom is -0.321 e. The molecule has 116 valence electrons. The van der Waals surface area contributed by atoms with Crippen molar-refractivity contribution in [3.8, 4) is 6.07 Å². The number of hydrogen-bond donors (Lipinski definition) is 2. The van der Waals surface area contributed by atoms with Crippen LogP contribution in [0.4, 0.5) is 5.69 Å². The number of nitriles is 1. The van der Waals surface area contributed by atoms with Crippen LogP contribution in [0, 0.1) is 11.3 Å². The molecule has 3 rings (SSSR count). The van der Waals surface area contributed by atoms with Crippen LogP contribution in [0.15, 0.2) is 48.5 Å². The largest absolute Gasteiger partial charge is 0.321 e. The second-order valence-corrected chi connectivity index (χ2v) is 6.01. The average molecular weight is 306 g/mol. The quantitative estimate of drug-likeness (QED) is 0.903. The zero-order valence-electron chi connectivity index (χ0n) is 13.2. The van der Waals surface area contributed by atoms with Crippen LogP contribution in [-0.4, -0.2) is 18.5 Å². The predicted octanol–water partition coefficient (Wildman–Crippen LogP) is 1.53. The molecule has 0 saturated heterocycles. The third-order valence-electron chi connectivity index (χ3n) is 4.52. The number of anilines is 1. The summed E-state index contributed by atoms with van der Waals surface area (Å²) in [4.78, 5) is 13.8. The summed E-state index contributed by atoms with van der Waals surface area (Å²) < 4.78 is 0. The van der Waals surface area contributed by atoms with E-state index in [9.17, 15) is 4.79 Å². The molecule has 2 N–H and O–H groups in total. The van der Waals surface area contributed by atoms with Gasteiger partial charge in [0.1, 0.15) is 6.54 Å². The molecule has 23 heavy (non-hydrogen) atoms. The fraction of sp³-hybridized carbons (Fsp3) is 0.263. The summed E-state index contributed by atoms with van der Waals surface area (Å²) in [5.74, 6) is -0.00512. The normalized spacial score (nSPS) is 17.7. The molecule has 1 heterocycles. The molecular formula is C19H20N3O+. The number of nitrogens with zero attached hydrogens (tertiary/aromatic N) is 1. The van der Waals surface area contributed by atoms with E-state index in [-0.39, 0.29) is 11.9 Å². The van der Waals surface area contributed by atoms with Crippen LogP contribution >= 0.6 is 0 Å². The van der Waals surface area contributed by atoms with Gasteiger partial charge in [-0.05, 0) is 30.7 Å². The van der Waals surface area contributed by atoms with Crippen molar-refractivity contribution in [1.29, 1.82) is 5.26 Å². The number of nitrogens with one attached hydrogen (secondary N) is 2. The fourth-order valence-electron chi connectivity index (χ4n) is 3.07. The van der Waals surface area contributed by atoms with Crippen LogP contribution in [0.3, 0.4) is 0 Å². The smallest absolute Gasteiger partial charge is 0.282 e. The molecule has 0 saturated carbocycles. The number of rotatable bonds is 3. The second-order valence-electron chi connectivity index (χ2n) is 6.01. The summed E-state index contributed by atoms with van der Waals surface area (Å²) in [6.45, 7) is 3.81. The molecule has 2 atom stereocenters. The van der Waals surface area contributed by atoms with Gasteiger partial charge in [-0.3, -0.25) is 4.79 Å². The molecule has 1 aliphatic rings. The molecule has 0 radical (unpaired) electrons. The van der Waals surface area contributed by atoms with Crippen LogP contribution in [0.1, 0.15) is 23.6 Å². The topological polar surface area (TPSA) is 57.3 Å². The minimum atomic E-state index is -0.130. The summed E-state index contributed by atoms with van der Waals surface area (Å²) in [5, 5.41) is 11.9. The van der Waals surface area contributed by atoms with E-state index in [0.29, 0.717) is 11.3 Å². The van der Waals surface area contributed by atoms with Crippen molar-refractivity contribution < 1.29 is 9.69 Å². The van der Waals surface area contributed by atoms with Crippen molar-refractivity contribution in [3.63, 3.8) is 0 Å². The Morgan fingerprint density at radius 2 is 2.00 bits per heavy atom. The van der Waals surface area contributed by atoms with Gasteiger partial charge in [-0.1, -0.05) is 30.3 Å². The molecule has 1 unspecified atom stereocenters. The Balaban J connectivity index is 1.67. The molecule has 2 aromatic rings. The van der Waals surface area contributed by atoms with Crippen LogP contribution in [0.2, 0.25) is 0 Å².